The molecule has 1 aliphatic carbocycles. The molecule has 1 heterocycles. The summed E-state index contributed by atoms with van der Waals surface area (Å²) < 4.78 is 5.23. The van der Waals surface area contributed by atoms with Crippen LogP contribution in [0.5, 0.6) is 0 Å². The van der Waals surface area contributed by atoms with Crippen molar-refractivity contribution in [1.82, 2.24) is 0 Å². The van der Waals surface area contributed by atoms with Gasteiger partial charge in [-0.1, -0.05) is 18.0 Å². The van der Waals surface area contributed by atoms with E-state index in [4.69, 9.17) is 16.3 Å². The van der Waals surface area contributed by atoms with Gasteiger partial charge in [0.15, 0.2) is 5.06 Å². The Hall–Kier alpha value is 0.250. The van der Waals surface area contributed by atoms with Crippen molar-refractivity contribution in [3.8, 4) is 0 Å². The highest BCUT2D eigenvalue weighted by molar-refractivity contribution is 6.25. The first-order valence-corrected chi connectivity index (χ1v) is 3.56. The Bertz CT molecular complexity index is 113. The number of alkyl halides is 1. The normalized spacial score (nSPS) is 52.9. The predicted molar refractivity (Wildman–Crippen MR) is 31.9 cm³/mol. The third kappa shape index (κ3) is 0.579. The van der Waals surface area contributed by atoms with Gasteiger partial charge in [0.05, 0.1) is 0 Å². The van der Waals surface area contributed by atoms with E-state index < -0.39 is 0 Å². The Labute approximate surface area is 54.0 Å². The van der Waals surface area contributed by atoms with Gasteiger partial charge in [-0.2, -0.15) is 0 Å². The first kappa shape index (κ1) is 5.07. The SMILES string of the molecule is ClC12CCCCC1O2. The zero-order valence-electron chi connectivity index (χ0n) is 4.69. The molecule has 1 aliphatic heterocycles. The van der Waals surface area contributed by atoms with Crippen molar-refractivity contribution < 1.29 is 4.74 Å². The monoisotopic (exact) mass is 132 g/mol. The number of fused-ring (bicyclic) bond motifs is 1. The lowest BCUT2D eigenvalue weighted by atomic mass is 10.0. The highest BCUT2D eigenvalue weighted by Gasteiger charge is 2.55. The van der Waals surface area contributed by atoms with Crippen molar-refractivity contribution in [1.29, 1.82) is 0 Å². The molecule has 2 rings (SSSR count). The van der Waals surface area contributed by atoms with E-state index in [1.807, 2.05) is 0 Å². The molecule has 0 amide bonds. The molecule has 0 spiro atoms. The topological polar surface area (TPSA) is 12.5 Å². The van der Waals surface area contributed by atoms with E-state index in [0.29, 0.717) is 6.10 Å². The van der Waals surface area contributed by atoms with Gasteiger partial charge >= 0.3 is 0 Å². The van der Waals surface area contributed by atoms with Crippen LogP contribution in [0.3, 0.4) is 0 Å². The van der Waals surface area contributed by atoms with Crippen LogP contribution in [-0.4, -0.2) is 11.2 Å². The van der Waals surface area contributed by atoms with Gasteiger partial charge in [-0.05, 0) is 19.3 Å². The molecule has 1 saturated carbocycles. The molecule has 0 bridgehead atoms. The van der Waals surface area contributed by atoms with E-state index in [1.54, 1.807) is 0 Å². The molecule has 2 atom stereocenters. The predicted octanol–water partition coefficient (Wildman–Crippen LogP) is 1.89. The third-order valence-electron chi connectivity index (χ3n) is 2.00. The summed E-state index contributed by atoms with van der Waals surface area (Å²) in [6.07, 6.45) is 5.22. The van der Waals surface area contributed by atoms with Crippen molar-refractivity contribution in [3.63, 3.8) is 0 Å². The number of halogens is 1. The van der Waals surface area contributed by atoms with Gasteiger partial charge in [-0.3, -0.25) is 0 Å². The lowest BCUT2D eigenvalue weighted by Gasteiger charge is -2.07. The summed E-state index contributed by atoms with van der Waals surface area (Å²) in [5.74, 6) is 0. The molecule has 1 saturated heterocycles. The zero-order chi connectivity index (χ0) is 5.61. The Balaban J connectivity index is 2.04. The fraction of sp³-hybridized carbons (Fsp3) is 1.00. The smallest absolute Gasteiger partial charge is 0.168 e. The molecule has 0 aromatic carbocycles. The molecule has 0 radical (unpaired) electrons. The fourth-order valence-corrected chi connectivity index (χ4v) is 1.74. The maximum absolute atomic E-state index is 5.92. The van der Waals surface area contributed by atoms with Crippen molar-refractivity contribution in [2.75, 3.05) is 0 Å². The Morgan fingerprint density at radius 2 is 2.38 bits per heavy atom. The molecule has 8 heavy (non-hydrogen) atoms. The van der Waals surface area contributed by atoms with Gasteiger partial charge in [0.2, 0.25) is 0 Å². The van der Waals surface area contributed by atoms with Crippen LogP contribution >= 0.6 is 11.6 Å². The summed E-state index contributed by atoms with van der Waals surface area (Å²) >= 11 is 5.92. The average molecular weight is 133 g/mol. The van der Waals surface area contributed by atoms with Crippen LogP contribution in [0.15, 0.2) is 0 Å². The van der Waals surface area contributed by atoms with Crippen molar-refractivity contribution >= 4 is 11.6 Å². The highest BCUT2D eigenvalue weighted by atomic mass is 35.5. The van der Waals surface area contributed by atoms with Gasteiger partial charge < -0.3 is 4.74 Å². The molecule has 2 fully saturated rings. The maximum Gasteiger partial charge on any atom is 0.168 e. The van der Waals surface area contributed by atoms with Gasteiger partial charge in [0.25, 0.3) is 0 Å². The molecule has 1 nitrogen and oxygen atoms in total. The van der Waals surface area contributed by atoms with Crippen LogP contribution in [0, 0.1) is 0 Å². The highest BCUT2D eigenvalue weighted by Crippen LogP contribution is 2.50. The van der Waals surface area contributed by atoms with Crippen molar-refractivity contribution in [2.45, 2.75) is 36.8 Å². The van der Waals surface area contributed by atoms with E-state index in [9.17, 15) is 0 Å². The van der Waals surface area contributed by atoms with E-state index >= 15 is 0 Å². The average Bonchev–Trinajstić information content (AvgIpc) is 2.39. The van der Waals surface area contributed by atoms with Crippen LogP contribution in [0.1, 0.15) is 25.7 Å². The maximum atomic E-state index is 5.92. The van der Waals surface area contributed by atoms with E-state index in [0.717, 1.165) is 6.42 Å². The van der Waals surface area contributed by atoms with Crippen molar-refractivity contribution in [2.24, 2.45) is 0 Å². The quantitative estimate of drug-likeness (QED) is 0.362. The lowest BCUT2D eigenvalue weighted by Crippen LogP contribution is -2.10. The molecule has 0 aromatic rings. The second-order valence-corrected chi connectivity index (χ2v) is 3.28. The number of epoxide rings is 1. The Morgan fingerprint density at radius 1 is 1.50 bits per heavy atom. The summed E-state index contributed by atoms with van der Waals surface area (Å²) in [4.78, 5) is 0. The van der Waals surface area contributed by atoms with Gasteiger partial charge in [-0.15, -0.1) is 0 Å². The summed E-state index contributed by atoms with van der Waals surface area (Å²) in [6.45, 7) is 0. The molecular weight excluding hydrogens is 124 g/mol. The third-order valence-corrected chi connectivity index (χ3v) is 2.52. The number of hydrogen-bond donors (Lipinski definition) is 0. The molecule has 0 N–H and O–H groups in total. The van der Waals surface area contributed by atoms with E-state index in [-0.39, 0.29) is 5.06 Å². The molecule has 0 aromatic heterocycles. The molecule has 2 aliphatic rings. The number of hydrogen-bond acceptors (Lipinski definition) is 1. The molecule has 46 valence electrons. The first-order chi connectivity index (χ1) is 3.81. The Morgan fingerprint density at radius 3 is 2.88 bits per heavy atom. The van der Waals surface area contributed by atoms with Crippen LogP contribution in [0.4, 0.5) is 0 Å². The van der Waals surface area contributed by atoms with Gasteiger partial charge in [-0.25, -0.2) is 0 Å². The standard InChI is InChI=1S/C6H9ClO/c7-6-4-2-1-3-5(6)8-6/h5H,1-4H2. The summed E-state index contributed by atoms with van der Waals surface area (Å²) in [7, 11) is 0. The van der Waals surface area contributed by atoms with Crippen LogP contribution < -0.4 is 0 Å². The lowest BCUT2D eigenvalue weighted by molar-refractivity contribution is 0.352. The molecule has 2 heteroatoms. The second-order valence-electron chi connectivity index (χ2n) is 2.64. The zero-order valence-corrected chi connectivity index (χ0v) is 5.45. The van der Waals surface area contributed by atoms with Crippen LogP contribution in [-0.2, 0) is 4.74 Å². The summed E-state index contributed by atoms with van der Waals surface area (Å²) in [6, 6.07) is 0. The van der Waals surface area contributed by atoms with Gasteiger partial charge in [0, 0.05) is 0 Å². The van der Waals surface area contributed by atoms with Crippen LogP contribution in [0.25, 0.3) is 0 Å². The summed E-state index contributed by atoms with van der Waals surface area (Å²) in [5.41, 5.74) is 0. The minimum Gasteiger partial charge on any atom is -0.349 e. The number of ether oxygens (including phenoxy) is 1. The van der Waals surface area contributed by atoms with E-state index in [1.165, 1.54) is 19.3 Å². The van der Waals surface area contributed by atoms with Gasteiger partial charge in [0.1, 0.15) is 6.10 Å². The largest absolute Gasteiger partial charge is 0.349 e. The summed E-state index contributed by atoms with van der Waals surface area (Å²) in [5, 5.41) is -0.182. The molecular formula is C6H9ClO. The minimum atomic E-state index is -0.182. The second kappa shape index (κ2) is 1.39. The minimum absolute atomic E-state index is 0.182. The number of rotatable bonds is 0. The molecule has 2 unspecified atom stereocenters. The Kier molecular flexibility index (Phi) is 0.884. The van der Waals surface area contributed by atoms with Crippen LogP contribution in [0.2, 0.25) is 0 Å². The first-order valence-electron chi connectivity index (χ1n) is 3.18. The van der Waals surface area contributed by atoms with Crippen molar-refractivity contribution in [3.05, 3.63) is 0 Å². The van der Waals surface area contributed by atoms with E-state index in [2.05, 4.69) is 0 Å². The fourth-order valence-electron chi connectivity index (χ4n) is 1.39.